The van der Waals surface area contributed by atoms with Crippen molar-refractivity contribution in [3.05, 3.63) is 59.7 Å². The summed E-state index contributed by atoms with van der Waals surface area (Å²) in [6.45, 7) is 3.22. The molecule has 1 unspecified atom stereocenters. The zero-order chi connectivity index (χ0) is 22.7. The Balaban J connectivity index is 1.26. The molecule has 32 heavy (non-hydrogen) atoms. The fraction of sp³-hybridized carbons (Fsp3) is 0.348. The third kappa shape index (κ3) is 5.41. The Kier molecular flexibility index (Phi) is 6.38. The number of hydrogen-bond donors (Lipinski definition) is 2. The number of anilines is 2. The van der Waals surface area contributed by atoms with Crippen LogP contribution in [0.5, 0.6) is 5.75 Å². The summed E-state index contributed by atoms with van der Waals surface area (Å²) in [6.07, 6.45) is -1.47. The minimum atomic E-state index is -4.33. The van der Waals surface area contributed by atoms with Crippen LogP contribution >= 0.6 is 0 Å². The van der Waals surface area contributed by atoms with Crippen molar-refractivity contribution in [3.63, 3.8) is 0 Å². The van der Waals surface area contributed by atoms with Gasteiger partial charge >= 0.3 is 6.18 Å². The van der Waals surface area contributed by atoms with E-state index in [1.165, 1.54) is 12.1 Å². The molecule has 2 N–H and O–H groups in total. The van der Waals surface area contributed by atoms with Crippen molar-refractivity contribution in [1.82, 2.24) is 4.90 Å². The largest absolute Gasteiger partial charge is 0.482 e. The number of β-amino-alcohol motifs (C(OH)–C–C–N with tert-alkyl or cyclic N) is 1. The number of ether oxygens (including phenoxy) is 1. The number of aliphatic hydroxyl groups excluding tert-OH is 1. The highest BCUT2D eigenvalue weighted by atomic mass is 19.4. The number of carbonyl (C=O) groups excluding carboxylic acids is 1. The zero-order valence-electron chi connectivity index (χ0n) is 17.3. The van der Waals surface area contributed by atoms with Crippen LogP contribution in [-0.4, -0.2) is 61.3 Å². The molecule has 1 saturated heterocycles. The number of benzene rings is 2. The Labute approximate surface area is 183 Å². The monoisotopic (exact) mass is 447 g/mol. The number of piperazine rings is 1. The molecule has 9 heteroatoms. The maximum Gasteiger partial charge on any atom is 0.416 e. The fourth-order valence-electron chi connectivity index (χ4n) is 3.79. The first kappa shape index (κ1) is 22.2. The summed E-state index contributed by atoms with van der Waals surface area (Å²) in [7, 11) is 0. The normalized spacial score (nSPS) is 18.2. The molecule has 0 aliphatic carbocycles. The van der Waals surface area contributed by atoms with E-state index in [1.54, 1.807) is 18.2 Å². The average Bonchev–Trinajstić information content (AvgIpc) is 2.78. The second-order valence-electron chi connectivity index (χ2n) is 7.85. The number of rotatable bonds is 5. The molecule has 0 radical (unpaired) electrons. The van der Waals surface area contributed by atoms with E-state index in [0.717, 1.165) is 23.4 Å². The van der Waals surface area contributed by atoms with E-state index in [0.29, 0.717) is 44.2 Å². The predicted molar refractivity (Wildman–Crippen MR) is 116 cm³/mol. The second kappa shape index (κ2) is 9.22. The van der Waals surface area contributed by atoms with Gasteiger partial charge in [0.15, 0.2) is 6.61 Å². The maximum atomic E-state index is 12.7. The summed E-state index contributed by atoms with van der Waals surface area (Å²) in [6, 6.07) is 10.6. The summed E-state index contributed by atoms with van der Waals surface area (Å²) in [5.74, 6) is 0.412. The number of nitrogens with zero attached hydrogens (tertiary/aromatic N) is 2. The molecular formula is C23H24F3N3O3. The van der Waals surface area contributed by atoms with Crippen LogP contribution in [0.1, 0.15) is 11.1 Å². The maximum absolute atomic E-state index is 12.7. The van der Waals surface area contributed by atoms with Crippen LogP contribution < -0.4 is 15.0 Å². The lowest BCUT2D eigenvalue weighted by atomic mass is 10.1. The van der Waals surface area contributed by atoms with Gasteiger partial charge in [-0.05, 0) is 42.0 Å². The average molecular weight is 447 g/mol. The van der Waals surface area contributed by atoms with Crippen molar-refractivity contribution in [2.75, 3.05) is 49.5 Å². The van der Waals surface area contributed by atoms with E-state index < -0.39 is 17.8 Å². The van der Waals surface area contributed by atoms with Crippen LogP contribution in [0.3, 0.4) is 0 Å². The highest BCUT2D eigenvalue weighted by molar-refractivity contribution is 5.95. The number of alkyl halides is 3. The molecule has 0 saturated carbocycles. The van der Waals surface area contributed by atoms with E-state index in [1.807, 2.05) is 17.0 Å². The SMILES string of the molecule is O=C1COc2cc(C=CC(O)CN3CCN(c4ccc(C(F)(F)F)cc4)CC3)ccc2N1. The number of aliphatic hydroxyl groups is 1. The minimum Gasteiger partial charge on any atom is -0.482 e. The molecule has 2 aromatic rings. The molecule has 2 heterocycles. The van der Waals surface area contributed by atoms with Crippen molar-refractivity contribution in [2.45, 2.75) is 12.3 Å². The molecule has 1 amide bonds. The molecule has 170 valence electrons. The number of carbonyl (C=O) groups is 1. The van der Waals surface area contributed by atoms with Gasteiger partial charge in [-0.1, -0.05) is 18.2 Å². The first-order valence-corrected chi connectivity index (χ1v) is 10.4. The number of halogens is 3. The lowest BCUT2D eigenvalue weighted by molar-refractivity contribution is -0.137. The summed E-state index contributed by atoms with van der Waals surface area (Å²) in [5, 5.41) is 13.1. The van der Waals surface area contributed by atoms with E-state index >= 15 is 0 Å². The fourth-order valence-corrected chi connectivity index (χ4v) is 3.79. The van der Waals surface area contributed by atoms with Gasteiger partial charge in [0.1, 0.15) is 5.75 Å². The van der Waals surface area contributed by atoms with Gasteiger partial charge in [-0.25, -0.2) is 0 Å². The topological polar surface area (TPSA) is 65.0 Å². The van der Waals surface area contributed by atoms with Crippen molar-refractivity contribution < 1.29 is 27.8 Å². The smallest absolute Gasteiger partial charge is 0.416 e. The number of nitrogens with one attached hydrogen (secondary N) is 1. The third-order valence-electron chi connectivity index (χ3n) is 5.53. The molecule has 0 spiro atoms. The summed E-state index contributed by atoms with van der Waals surface area (Å²) in [4.78, 5) is 15.5. The first-order chi connectivity index (χ1) is 15.3. The van der Waals surface area contributed by atoms with E-state index in [9.17, 15) is 23.1 Å². The summed E-state index contributed by atoms with van der Waals surface area (Å²) < 4.78 is 43.6. The van der Waals surface area contributed by atoms with Crippen LogP contribution in [-0.2, 0) is 11.0 Å². The highest BCUT2D eigenvalue weighted by Gasteiger charge is 2.30. The van der Waals surface area contributed by atoms with Crippen molar-refractivity contribution in [1.29, 1.82) is 0 Å². The van der Waals surface area contributed by atoms with E-state index in [4.69, 9.17) is 4.74 Å². The van der Waals surface area contributed by atoms with Crippen LogP contribution in [0.4, 0.5) is 24.5 Å². The van der Waals surface area contributed by atoms with Crippen LogP contribution in [0.25, 0.3) is 6.08 Å². The Bertz CT molecular complexity index is 984. The molecule has 2 aliphatic rings. The molecule has 0 bridgehead atoms. The molecule has 4 rings (SSSR count). The van der Waals surface area contributed by atoms with E-state index in [-0.39, 0.29) is 12.5 Å². The number of amides is 1. The minimum absolute atomic E-state index is 0.0127. The Morgan fingerprint density at radius 3 is 2.50 bits per heavy atom. The molecule has 2 aromatic carbocycles. The van der Waals surface area contributed by atoms with Crippen LogP contribution in [0, 0.1) is 0 Å². The quantitative estimate of drug-likeness (QED) is 0.737. The number of hydrogen-bond acceptors (Lipinski definition) is 5. The Morgan fingerprint density at radius 1 is 1.09 bits per heavy atom. The third-order valence-corrected chi connectivity index (χ3v) is 5.53. The molecule has 6 nitrogen and oxygen atoms in total. The van der Waals surface area contributed by atoms with Gasteiger partial charge in [0.25, 0.3) is 5.91 Å². The molecule has 1 atom stereocenters. The number of fused-ring (bicyclic) bond motifs is 1. The molecule has 2 aliphatic heterocycles. The van der Waals surface area contributed by atoms with Gasteiger partial charge < -0.3 is 20.1 Å². The molecular weight excluding hydrogens is 423 g/mol. The van der Waals surface area contributed by atoms with Gasteiger partial charge in [-0.2, -0.15) is 13.2 Å². The Morgan fingerprint density at radius 2 is 1.81 bits per heavy atom. The second-order valence-corrected chi connectivity index (χ2v) is 7.85. The zero-order valence-corrected chi connectivity index (χ0v) is 17.3. The lowest BCUT2D eigenvalue weighted by Gasteiger charge is -2.36. The lowest BCUT2D eigenvalue weighted by Crippen LogP contribution is -2.48. The van der Waals surface area contributed by atoms with Crippen LogP contribution in [0.2, 0.25) is 0 Å². The highest BCUT2D eigenvalue weighted by Crippen LogP contribution is 2.31. The van der Waals surface area contributed by atoms with Crippen molar-refractivity contribution in [3.8, 4) is 5.75 Å². The summed E-state index contributed by atoms with van der Waals surface area (Å²) in [5.41, 5.74) is 1.60. The van der Waals surface area contributed by atoms with Gasteiger partial charge in [0, 0.05) is 38.4 Å². The first-order valence-electron chi connectivity index (χ1n) is 10.4. The van der Waals surface area contributed by atoms with Crippen molar-refractivity contribution >= 4 is 23.4 Å². The van der Waals surface area contributed by atoms with Gasteiger partial charge in [-0.3, -0.25) is 9.69 Å². The van der Waals surface area contributed by atoms with Gasteiger partial charge in [-0.15, -0.1) is 0 Å². The van der Waals surface area contributed by atoms with Gasteiger partial charge in [0.2, 0.25) is 0 Å². The Hall–Kier alpha value is -3.04. The van der Waals surface area contributed by atoms with Crippen LogP contribution in [0.15, 0.2) is 48.5 Å². The predicted octanol–water partition coefficient (Wildman–Crippen LogP) is 3.23. The van der Waals surface area contributed by atoms with Crippen molar-refractivity contribution in [2.24, 2.45) is 0 Å². The summed E-state index contributed by atoms with van der Waals surface area (Å²) >= 11 is 0. The molecule has 0 aromatic heterocycles. The van der Waals surface area contributed by atoms with E-state index in [2.05, 4.69) is 10.2 Å². The van der Waals surface area contributed by atoms with Gasteiger partial charge in [0.05, 0.1) is 17.4 Å². The standard InChI is InChI=1S/C23H24F3N3O3/c24-23(25,26)17-3-5-18(6-4-17)29-11-9-28(10-12-29)14-19(30)7-1-16-2-8-20-21(13-16)32-15-22(31)27-20/h1-8,13,19,30H,9-12,14-15H2,(H,27,31). The molecule has 1 fully saturated rings.